The molecule has 126 valence electrons. The van der Waals surface area contributed by atoms with E-state index in [1.165, 1.54) is 0 Å². The summed E-state index contributed by atoms with van der Waals surface area (Å²) in [6, 6.07) is 0. The molecule has 0 aromatic heterocycles. The van der Waals surface area contributed by atoms with Crippen LogP contribution in [0.4, 0.5) is 43.9 Å². The normalized spacial score (nSPS) is 40.8. The van der Waals surface area contributed by atoms with E-state index < -0.39 is 51.4 Å². The third kappa shape index (κ3) is 1.47. The Morgan fingerprint density at radius 3 is 1.10 bits per heavy atom. The van der Waals surface area contributed by atoms with E-state index in [0.717, 1.165) is 0 Å². The van der Waals surface area contributed by atoms with E-state index >= 15 is 0 Å². The number of alkyl halides is 10. The van der Waals surface area contributed by atoms with Crippen LogP contribution in [0.2, 0.25) is 0 Å². The summed E-state index contributed by atoms with van der Waals surface area (Å²) in [6.45, 7) is -1.07. The minimum Gasteiger partial charge on any atom is -0.283 e. The van der Waals surface area contributed by atoms with Gasteiger partial charge in [0.2, 0.25) is 5.67 Å². The summed E-state index contributed by atoms with van der Waals surface area (Å²) in [6.07, 6.45) is 0. The van der Waals surface area contributed by atoms with Crippen LogP contribution < -0.4 is 0 Å². The average molecular weight is 358 g/mol. The molecule has 1 saturated carbocycles. The Hall–Kier alpha value is -0.790. The summed E-state index contributed by atoms with van der Waals surface area (Å²) in [5.41, 5.74) is -6.02. The molecule has 0 spiro atoms. The molecule has 0 atom stereocenters. The second kappa shape index (κ2) is 3.75. The molecule has 1 rings (SSSR count). The van der Waals surface area contributed by atoms with Gasteiger partial charge in [-0.05, 0) is 6.92 Å². The fourth-order valence-corrected chi connectivity index (χ4v) is 2.62. The number of hydrogen-bond acceptors (Lipinski definition) is 2. The second-order valence-corrected chi connectivity index (χ2v) is 5.88. The first-order valence-electron chi connectivity index (χ1n) is 4.61. The number of hydrogen-bond donors (Lipinski definition) is 1. The van der Waals surface area contributed by atoms with Crippen molar-refractivity contribution in [1.29, 1.82) is 0 Å². The molecule has 1 aliphatic rings. The molecular formula is C7H4F10O3S. The topological polar surface area (TPSA) is 54.4 Å². The van der Waals surface area contributed by atoms with Gasteiger partial charge >= 0.3 is 38.8 Å². The Balaban J connectivity index is 4.02. The molecule has 1 N–H and O–H groups in total. The van der Waals surface area contributed by atoms with Crippen LogP contribution in [-0.2, 0) is 10.1 Å². The lowest BCUT2D eigenvalue weighted by Crippen LogP contribution is -2.85. The standard InChI is InChI=1S/C7H4F10O3S/c1-2(8)3(9,10)5(13,14)7(17,21(18,19)20)6(15,16)4(2,11)12/h1H3,(H,18,19,20). The summed E-state index contributed by atoms with van der Waals surface area (Å²) in [5.74, 6) is -28.2. The molecule has 0 aliphatic heterocycles. The lowest BCUT2D eigenvalue weighted by atomic mass is 9.74. The van der Waals surface area contributed by atoms with Crippen molar-refractivity contribution in [2.24, 2.45) is 0 Å². The summed E-state index contributed by atoms with van der Waals surface area (Å²) >= 11 is 0. The van der Waals surface area contributed by atoms with E-state index in [1.54, 1.807) is 0 Å². The van der Waals surface area contributed by atoms with Crippen molar-refractivity contribution < 1.29 is 56.9 Å². The molecule has 0 unspecified atom stereocenters. The fraction of sp³-hybridized carbons (Fsp3) is 1.00. The van der Waals surface area contributed by atoms with Crippen LogP contribution >= 0.6 is 0 Å². The van der Waals surface area contributed by atoms with Crippen LogP contribution in [0.15, 0.2) is 0 Å². The molecule has 3 nitrogen and oxygen atoms in total. The highest BCUT2D eigenvalue weighted by Crippen LogP contribution is 2.69. The summed E-state index contributed by atoms with van der Waals surface area (Å²) in [4.78, 5) is 0. The van der Waals surface area contributed by atoms with Gasteiger partial charge in [0.25, 0.3) is 0 Å². The van der Waals surface area contributed by atoms with E-state index in [0.29, 0.717) is 0 Å². The zero-order chi connectivity index (χ0) is 17.5. The molecule has 1 aliphatic carbocycles. The van der Waals surface area contributed by atoms with E-state index in [2.05, 4.69) is 0 Å². The smallest absolute Gasteiger partial charge is 0.283 e. The second-order valence-electron chi connectivity index (χ2n) is 4.37. The molecule has 1 fully saturated rings. The van der Waals surface area contributed by atoms with Crippen LogP contribution in [0.1, 0.15) is 6.92 Å². The van der Waals surface area contributed by atoms with Gasteiger partial charge in [-0.1, -0.05) is 0 Å². The molecule has 0 radical (unpaired) electrons. The monoisotopic (exact) mass is 358 g/mol. The molecule has 0 heterocycles. The van der Waals surface area contributed by atoms with Gasteiger partial charge in [-0.15, -0.1) is 0 Å². The van der Waals surface area contributed by atoms with Crippen LogP contribution in [0.25, 0.3) is 0 Å². The number of rotatable bonds is 1. The van der Waals surface area contributed by atoms with Crippen LogP contribution in [0, 0.1) is 0 Å². The fourth-order valence-electron chi connectivity index (χ4n) is 1.71. The number of halogens is 10. The molecule has 14 heteroatoms. The molecule has 0 saturated heterocycles. The van der Waals surface area contributed by atoms with Crippen LogP contribution in [-0.4, -0.2) is 47.3 Å². The minimum atomic E-state index is -7.53. The van der Waals surface area contributed by atoms with Crippen LogP contribution in [0.3, 0.4) is 0 Å². The molecule has 0 bridgehead atoms. The third-order valence-electron chi connectivity index (χ3n) is 3.13. The van der Waals surface area contributed by atoms with Crippen molar-refractivity contribution in [3.63, 3.8) is 0 Å². The maximum absolute atomic E-state index is 13.5. The van der Waals surface area contributed by atoms with Crippen molar-refractivity contribution in [3.05, 3.63) is 0 Å². The highest BCUT2D eigenvalue weighted by Gasteiger charge is 3.02. The van der Waals surface area contributed by atoms with Crippen molar-refractivity contribution >= 4 is 10.1 Å². The van der Waals surface area contributed by atoms with E-state index in [4.69, 9.17) is 4.55 Å². The average Bonchev–Trinajstić information content (AvgIpc) is 2.23. The van der Waals surface area contributed by atoms with Gasteiger partial charge in [-0.25, -0.2) is 8.78 Å². The van der Waals surface area contributed by atoms with Crippen molar-refractivity contribution in [3.8, 4) is 0 Å². The molecule has 0 aromatic carbocycles. The maximum atomic E-state index is 13.5. The highest BCUT2D eigenvalue weighted by molar-refractivity contribution is 7.87. The van der Waals surface area contributed by atoms with Gasteiger partial charge in [-0.2, -0.15) is 43.5 Å². The predicted molar refractivity (Wildman–Crippen MR) is 44.7 cm³/mol. The Morgan fingerprint density at radius 2 is 0.905 bits per heavy atom. The maximum Gasteiger partial charge on any atom is 0.371 e. The minimum absolute atomic E-state index is 1.07. The van der Waals surface area contributed by atoms with Gasteiger partial charge in [0.1, 0.15) is 0 Å². The van der Waals surface area contributed by atoms with E-state index in [-0.39, 0.29) is 0 Å². The van der Waals surface area contributed by atoms with Gasteiger partial charge < -0.3 is 0 Å². The first kappa shape index (κ1) is 18.3. The largest absolute Gasteiger partial charge is 0.371 e. The first-order chi connectivity index (χ1) is 8.75. The van der Waals surface area contributed by atoms with Crippen molar-refractivity contribution in [1.82, 2.24) is 0 Å². The molecule has 21 heavy (non-hydrogen) atoms. The van der Waals surface area contributed by atoms with Gasteiger partial charge in [-0.3, -0.25) is 4.55 Å². The summed E-state index contributed by atoms with van der Waals surface area (Å²) in [5, 5.41) is -7.15. The highest BCUT2D eigenvalue weighted by atomic mass is 32.2. The zero-order valence-corrected chi connectivity index (χ0v) is 10.3. The van der Waals surface area contributed by atoms with Crippen molar-refractivity contribution in [2.75, 3.05) is 0 Å². The van der Waals surface area contributed by atoms with E-state index in [1.807, 2.05) is 0 Å². The Bertz CT molecular complexity index is 535. The van der Waals surface area contributed by atoms with Crippen molar-refractivity contribution in [2.45, 2.75) is 41.3 Å². The quantitative estimate of drug-likeness (QED) is 0.579. The molecule has 0 aromatic rings. The van der Waals surface area contributed by atoms with Gasteiger partial charge in [0.05, 0.1) is 0 Å². The molecular weight excluding hydrogens is 354 g/mol. The van der Waals surface area contributed by atoms with Crippen LogP contribution in [0.5, 0.6) is 0 Å². The summed E-state index contributed by atoms with van der Waals surface area (Å²) in [7, 11) is -7.53. The lowest BCUT2D eigenvalue weighted by Gasteiger charge is -2.52. The van der Waals surface area contributed by atoms with E-state index in [9.17, 15) is 52.3 Å². The Labute approximate surface area is 109 Å². The zero-order valence-electron chi connectivity index (χ0n) is 9.45. The Morgan fingerprint density at radius 1 is 0.667 bits per heavy atom. The lowest BCUT2D eigenvalue weighted by molar-refractivity contribution is -0.439. The SMILES string of the molecule is CC1(F)C(F)(F)C(F)(F)C(F)(S(=O)(=O)O)C(F)(F)C1(F)F. The Kier molecular flexibility index (Phi) is 3.26. The van der Waals surface area contributed by atoms with Gasteiger partial charge in [0, 0.05) is 0 Å². The summed E-state index contributed by atoms with van der Waals surface area (Å²) < 4.78 is 160. The first-order valence-corrected chi connectivity index (χ1v) is 6.05. The van der Waals surface area contributed by atoms with Gasteiger partial charge in [0.15, 0.2) is 0 Å². The molecule has 0 amide bonds. The third-order valence-corrected chi connectivity index (χ3v) is 4.35. The predicted octanol–water partition coefficient (Wildman–Crippen LogP) is 2.82.